The molecule has 0 aromatic carbocycles. The van der Waals surface area contributed by atoms with E-state index in [1.165, 1.54) is 53.8 Å². The lowest BCUT2D eigenvalue weighted by Gasteiger charge is -2.62. The molecule has 0 heterocycles. The molecule has 0 aromatic rings. The number of hydrogen-bond donors (Lipinski definition) is 3. The van der Waals surface area contributed by atoms with E-state index >= 15 is 0 Å². The fourth-order valence-corrected chi connectivity index (χ4v) is 8.73. The molecular weight excluding hydrogens is 488 g/mol. The lowest BCUT2D eigenvalue weighted by molar-refractivity contribution is -0.174. The van der Waals surface area contributed by atoms with Crippen molar-refractivity contribution in [1.29, 1.82) is 0 Å². The van der Waals surface area contributed by atoms with Gasteiger partial charge in [0.05, 0.1) is 26.4 Å². The molecule has 0 amide bonds. The van der Waals surface area contributed by atoms with E-state index in [2.05, 4.69) is 30.2 Å². The Balaban J connectivity index is 0.000000435. The van der Waals surface area contributed by atoms with Crippen molar-refractivity contribution in [3.63, 3.8) is 0 Å². The van der Waals surface area contributed by atoms with Gasteiger partial charge in [0.25, 0.3) is 0 Å². The van der Waals surface area contributed by atoms with Crippen LogP contribution in [0.15, 0.2) is 0 Å². The van der Waals surface area contributed by atoms with Crippen LogP contribution in [0.25, 0.3) is 0 Å². The molecule has 4 aliphatic carbocycles. The summed E-state index contributed by atoms with van der Waals surface area (Å²) in [7, 11) is 2.70. The Hall–Kier alpha value is -1.67. The summed E-state index contributed by atoms with van der Waals surface area (Å²) in [5.41, 5.74) is 0.523. The molecule has 8 nitrogen and oxygen atoms in total. The van der Waals surface area contributed by atoms with Crippen LogP contribution in [0.2, 0.25) is 0 Å². The number of ether oxygens (including phenoxy) is 2. The van der Waals surface area contributed by atoms with Crippen LogP contribution in [-0.4, -0.2) is 59.7 Å². The van der Waals surface area contributed by atoms with Gasteiger partial charge in [0, 0.05) is 20.3 Å². The molecule has 38 heavy (non-hydrogen) atoms. The number of fused-ring (bicyclic) bond motifs is 5. The summed E-state index contributed by atoms with van der Waals surface area (Å²) in [4.78, 5) is 30.2. The molecule has 220 valence electrons. The molecule has 0 bridgehead atoms. The van der Waals surface area contributed by atoms with Crippen LogP contribution in [0.3, 0.4) is 0 Å². The largest absolute Gasteiger partial charge is 0.481 e. The van der Waals surface area contributed by atoms with Gasteiger partial charge in [-0.1, -0.05) is 20.8 Å². The van der Waals surface area contributed by atoms with Crippen LogP contribution in [0.5, 0.6) is 0 Å². The molecule has 3 N–H and O–H groups in total. The number of aliphatic carboxylic acids is 1. The van der Waals surface area contributed by atoms with Crippen molar-refractivity contribution in [2.24, 2.45) is 46.3 Å². The number of carbonyl (C=O) groups excluding carboxylic acids is 2. The lowest BCUT2D eigenvalue weighted by atomic mass is 9.43. The van der Waals surface area contributed by atoms with E-state index in [-0.39, 0.29) is 41.4 Å². The Labute approximate surface area is 228 Å². The Bertz CT molecular complexity index is 800. The second-order valence-corrected chi connectivity index (χ2v) is 12.8. The molecule has 4 saturated carbocycles. The average molecular weight is 541 g/mol. The highest BCUT2D eigenvalue weighted by Crippen LogP contribution is 2.68. The molecule has 0 aromatic heterocycles. The molecule has 0 saturated heterocycles. The lowest BCUT2D eigenvalue weighted by Crippen LogP contribution is -2.58. The van der Waals surface area contributed by atoms with Gasteiger partial charge < -0.3 is 24.8 Å². The number of hydrogen-bond acceptors (Lipinski definition) is 7. The SMILES string of the molecule is COC(C)=O.COC(C)=O.C[C@H](CCC(=O)O)[C@H]1CC[C@H]2[C@@H]3[C@H](O)CC4C[C@H](O)CC[C@]4(C)[C@H]3CC[C@]12C. The van der Waals surface area contributed by atoms with Gasteiger partial charge in [-0.2, -0.15) is 0 Å². The van der Waals surface area contributed by atoms with Crippen molar-refractivity contribution in [2.45, 2.75) is 111 Å². The zero-order chi connectivity index (χ0) is 28.8. The first kappa shape index (κ1) is 32.5. The molecule has 0 aliphatic heterocycles. The fourth-order valence-electron chi connectivity index (χ4n) is 8.73. The van der Waals surface area contributed by atoms with Crippen molar-refractivity contribution in [2.75, 3.05) is 14.2 Å². The Morgan fingerprint density at radius 3 is 1.92 bits per heavy atom. The maximum Gasteiger partial charge on any atom is 0.303 e. The predicted molar refractivity (Wildman–Crippen MR) is 144 cm³/mol. The van der Waals surface area contributed by atoms with Crippen molar-refractivity contribution in [1.82, 2.24) is 0 Å². The molecule has 4 aliphatic rings. The standard InChI is InChI=1S/C24H40O4.2C3H6O2/c1-14(4-7-21(27)28)17-5-6-18-22-19(9-11-24(17,18)3)23(2)10-8-16(25)12-15(23)13-20(22)26;2*1-3(4)5-2/h14-20,22,25-26H,4-13H2,1-3H3,(H,27,28);2*1-2H3/t14-,15?,16-,17-,18+,19+,20-,22+,23+,24-;;/m1../s1. The summed E-state index contributed by atoms with van der Waals surface area (Å²) in [5, 5.41) is 30.5. The second kappa shape index (κ2) is 13.6. The van der Waals surface area contributed by atoms with Crippen molar-refractivity contribution >= 4 is 17.9 Å². The molecular formula is C30H52O8. The number of carbonyl (C=O) groups is 3. The van der Waals surface area contributed by atoms with E-state index in [9.17, 15) is 24.6 Å². The summed E-state index contributed by atoms with van der Waals surface area (Å²) in [5.74, 6) is 1.87. The van der Waals surface area contributed by atoms with Gasteiger partial charge in [0.1, 0.15) is 0 Å². The molecule has 0 spiro atoms. The van der Waals surface area contributed by atoms with Crippen molar-refractivity contribution in [3.05, 3.63) is 0 Å². The molecule has 1 unspecified atom stereocenters. The van der Waals surface area contributed by atoms with E-state index < -0.39 is 5.97 Å². The van der Waals surface area contributed by atoms with Gasteiger partial charge in [-0.05, 0) is 104 Å². The third kappa shape index (κ3) is 7.29. The number of aliphatic hydroxyl groups is 2. The molecule has 8 heteroatoms. The van der Waals surface area contributed by atoms with Gasteiger partial charge in [-0.15, -0.1) is 0 Å². The first-order valence-corrected chi connectivity index (χ1v) is 14.4. The third-order valence-corrected chi connectivity index (χ3v) is 10.8. The average Bonchev–Trinajstić information content (AvgIpc) is 3.21. The number of methoxy groups -OCH3 is 2. The first-order chi connectivity index (χ1) is 17.7. The normalized spacial score (nSPS) is 39.9. The monoisotopic (exact) mass is 540 g/mol. The van der Waals surface area contributed by atoms with Gasteiger partial charge in [-0.25, -0.2) is 0 Å². The highest BCUT2D eigenvalue weighted by atomic mass is 16.5. The molecule has 4 fully saturated rings. The molecule has 4 rings (SSSR count). The van der Waals surface area contributed by atoms with Crippen LogP contribution in [0.4, 0.5) is 0 Å². The Morgan fingerprint density at radius 2 is 1.39 bits per heavy atom. The Kier molecular flexibility index (Phi) is 11.6. The maximum absolute atomic E-state index is 11.2. The minimum atomic E-state index is -0.684. The zero-order valence-corrected chi connectivity index (χ0v) is 24.6. The van der Waals surface area contributed by atoms with Crippen LogP contribution < -0.4 is 0 Å². The van der Waals surface area contributed by atoms with E-state index in [1.807, 2.05) is 0 Å². The van der Waals surface area contributed by atoms with E-state index in [0.717, 1.165) is 32.1 Å². The topological polar surface area (TPSA) is 130 Å². The van der Waals surface area contributed by atoms with Crippen molar-refractivity contribution < 1.29 is 39.2 Å². The van der Waals surface area contributed by atoms with E-state index in [4.69, 9.17) is 5.11 Å². The number of aliphatic hydroxyl groups excluding tert-OH is 2. The van der Waals surface area contributed by atoms with Crippen LogP contribution in [-0.2, 0) is 23.9 Å². The van der Waals surface area contributed by atoms with Crippen LogP contribution in [0, 0.1) is 46.3 Å². The number of carboxylic acids is 1. The van der Waals surface area contributed by atoms with Crippen LogP contribution >= 0.6 is 0 Å². The molecule has 10 atom stereocenters. The predicted octanol–water partition coefficient (Wildman–Crippen LogP) is 4.84. The Morgan fingerprint density at radius 1 is 0.868 bits per heavy atom. The molecule has 0 radical (unpaired) electrons. The maximum atomic E-state index is 11.2. The van der Waals surface area contributed by atoms with E-state index in [0.29, 0.717) is 35.5 Å². The summed E-state index contributed by atoms with van der Waals surface area (Å²) in [6.07, 6.45) is 9.19. The minimum absolute atomic E-state index is 0.179. The number of carboxylic acid groups (broad SMARTS) is 1. The summed E-state index contributed by atoms with van der Waals surface area (Å²) < 4.78 is 8.22. The van der Waals surface area contributed by atoms with Gasteiger partial charge in [-0.3, -0.25) is 14.4 Å². The van der Waals surface area contributed by atoms with Crippen LogP contribution in [0.1, 0.15) is 98.8 Å². The zero-order valence-electron chi connectivity index (χ0n) is 24.6. The van der Waals surface area contributed by atoms with Gasteiger partial charge in [0.2, 0.25) is 0 Å². The van der Waals surface area contributed by atoms with Gasteiger partial charge >= 0.3 is 17.9 Å². The quantitative estimate of drug-likeness (QED) is 0.432. The summed E-state index contributed by atoms with van der Waals surface area (Å²) in [6, 6.07) is 0. The fraction of sp³-hybridized carbons (Fsp3) is 0.900. The minimum Gasteiger partial charge on any atom is -0.481 e. The van der Waals surface area contributed by atoms with Gasteiger partial charge in [0.15, 0.2) is 0 Å². The highest BCUT2D eigenvalue weighted by molar-refractivity contribution is 5.66. The smallest absolute Gasteiger partial charge is 0.303 e. The second-order valence-electron chi connectivity index (χ2n) is 12.8. The van der Waals surface area contributed by atoms with E-state index in [1.54, 1.807) is 0 Å². The van der Waals surface area contributed by atoms with Crippen molar-refractivity contribution in [3.8, 4) is 0 Å². The summed E-state index contributed by atoms with van der Waals surface area (Å²) >= 11 is 0. The summed E-state index contributed by atoms with van der Waals surface area (Å²) in [6.45, 7) is 9.89. The number of rotatable bonds is 4. The highest BCUT2D eigenvalue weighted by Gasteiger charge is 2.62. The third-order valence-electron chi connectivity index (χ3n) is 10.8. The first-order valence-electron chi connectivity index (χ1n) is 14.4. The number of esters is 2.